The molecule has 2 aromatic rings. The first-order valence-electron chi connectivity index (χ1n) is 7.50. The predicted octanol–water partition coefficient (Wildman–Crippen LogP) is 2.80. The second-order valence-corrected chi connectivity index (χ2v) is 6.67. The summed E-state index contributed by atoms with van der Waals surface area (Å²) in [5.74, 6) is 0.809. The molecule has 0 spiro atoms. The minimum absolute atomic E-state index is 0.263. The Kier molecular flexibility index (Phi) is 4.39. The van der Waals surface area contributed by atoms with Crippen molar-refractivity contribution in [2.75, 3.05) is 13.1 Å². The zero-order chi connectivity index (χ0) is 14.7. The van der Waals surface area contributed by atoms with E-state index in [1.165, 1.54) is 17.7 Å². The number of carbonyl (C=O) groups excluding carboxylic acids is 1. The largest absolute Gasteiger partial charge is 0.342 e. The van der Waals surface area contributed by atoms with Gasteiger partial charge in [-0.05, 0) is 60.1 Å². The molecule has 1 atom stereocenters. The highest BCUT2D eigenvalue weighted by Crippen LogP contribution is 2.22. The third kappa shape index (κ3) is 3.53. The zero-order valence-corrected chi connectivity index (χ0v) is 13.2. The minimum atomic E-state index is 0.263. The van der Waals surface area contributed by atoms with Crippen LogP contribution >= 0.6 is 11.3 Å². The van der Waals surface area contributed by atoms with Gasteiger partial charge in [0.25, 0.3) is 0 Å². The molecule has 1 aliphatic heterocycles. The first-order chi connectivity index (χ1) is 10.2. The van der Waals surface area contributed by atoms with Crippen LogP contribution in [0.25, 0.3) is 0 Å². The second kappa shape index (κ2) is 6.43. The average molecular weight is 303 g/mol. The van der Waals surface area contributed by atoms with Crippen molar-refractivity contribution in [3.63, 3.8) is 0 Å². The van der Waals surface area contributed by atoms with E-state index in [2.05, 4.69) is 22.5 Å². The van der Waals surface area contributed by atoms with Crippen LogP contribution in [0.5, 0.6) is 0 Å². The maximum Gasteiger partial charge on any atom is 0.227 e. The van der Waals surface area contributed by atoms with Crippen LogP contribution in [0, 0.1) is 12.8 Å². The van der Waals surface area contributed by atoms with Crippen LogP contribution in [-0.4, -0.2) is 34.1 Å². The van der Waals surface area contributed by atoms with Gasteiger partial charge in [0.1, 0.15) is 0 Å². The van der Waals surface area contributed by atoms with Crippen LogP contribution in [0.4, 0.5) is 0 Å². The Morgan fingerprint density at radius 1 is 1.57 bits per heavy atom. The van der Waals surface area contributed by atoms with E-state index in [4.69, 9.17) is 0 Å². The SMILES string of the molecule is Cc1cn[nH]c1CC1CCCN(C(=O)Cc2ccsc2)C1. The number of aromatic nitrogens is 2. The quantitative estimate of drug-likeness (QED) is 0.944. The van der Waals surface area contributed by atoms with Gasteiger partial charge in [-0.2, -0.15) is 16.4 Å². The van der Waals surface area contributed by atoms with E-state index in [1.807, 2.05) is 22.5 Å². The Morgan fingerprint density at radius 3 is 3.19 bits per heavy atom. The number of piperidine rings is 1. The highest BCUT2D eigenvalue weighted by Gasteiger charge is 2.24. The van der Waals surface area contributed by atoms with Crippen molar-refractivity contribution in [3.8, 4) is 0 Å². The molecule has 1 fully saturated rings. The van der Waals surface area contributed by atoms with Crippen molar-refractivity contribution in [1.82, 2.24) is 15.1 Å². The van der Waals surface area contributed by atoms with Crippen LogP contribution in [0.2, 0.25) is 0 Å². The normalized spacial score (nSPS) is 18.9. The Labute approximate surface area is 129 Å². The summed E-state index contributed by atoms with van der Waals surface area (Å²) in [4.78, 5) is 14.4. The molecule has 1 aliphatic rings. The van der Waals surface area contributed by atoms with Crippen molar-refractivity contribution in [2.24, 2.45) is 5.92 Å². The summed E-state index contributed by atoms with van der Waals surface area (Å²) < 4.78 is 0. The van der Waals surface area contributed by atoms with E-state index in [-0.39, 0.29) is 5.91 Å². The number of hydrogen-bond acceptors (Lipinski definition) is 3. The van der Waals surface area contributed by atoms with Gasteiger partial charge < -0.3 is 4.90 Å². The van der Waals surface area contributed by atoms with Gasteiger partial charge in [-0.1, -0.05) is 0 Å². The van der Waals surface area contributed by atoms with Crippen LogP contribution in [-0.2, 0) is 17.6 Å². The van der Waals surface area contributed by atoms with Gasteiger partial charge in [0.05, 0.1) is 12.6 Å². The summed E-state index contributed by atoms with van der Waals surface area (Å²) in [5.41, 5.74) is 3.57. The molecule has 1 N–H and O–H groups in total. The number of H-pyrrole nitrogens is 1. The Morgan fingerprint density at radius 2 is 2.48 bits per heavy atom. The van der Waals surface area contributed by atoms with E-state index in [9.17, 15) is 4.79 Å². The molecule has 1 amide bonds. The van der Waals surface area contributed by atoms with E-state index < -0.39 is 0 Å². The first kappa shape index (κ1) is 14.3. The molecule has 5 heteroatoms. The number of aryl methyl sites for hydroxylation is 1. The Balaban J connectivity index is 1.57. The van der Waals surface area contributed by atoms with Gasteiger partial charge in [0.2, 0.25) is 5.91 Å². The van der Waals surface area contributed by atoms with Gasteiger partial charge in [0, 0.05) is 18.8 Å². The molecule has 112 valence electrons. The Hall–Kier alpha value is -1.62. The topological polar surface area (TPSA) is 49.0 Å². The van der Waals surface area contributed by atoms with E-state index in [1.54, 1.807) is 11.3 Å². The van der Waals surface area contributed by atoms with Crippen molar-refractivity contribution in [3.05, 3.63) is 39.8 Å². The average Bonchev–Trinajstić information content (AvgIpc) is 3.12. The minimum Gasteiger partial charge on any atom is -0.342 e. The molecule has 0 saturated carbocycles. The van der Waals surface area contributed by atoms with Gasteiger partial charge >= 0.3 is 0 Å². The molecule has 3 rings (SSSR count). The van der Waals surface area contributed by atoms with Crippen molar-refractivity contribution < 1.29 is 4.79 Å². The lowest BCUT2D eigenvalue weighted by atomic mass is 9.92. The first-order valence-corrected chi connectivity index (χ1v) is 8.44. The fraction of sp³-hybridized carbons (Fsp3) is 0.500. The standard InChI is InChI=1S/C16H21N3OS/c1-12-9-17-18-15(12)7-13-3-2-5-19(10-13)16(20)8-14-4-6-21-11-14/h4,6,9,11,13H,2-3,5,7-8,10H2,1H3,(H,17,18). The zero-order valence-electron chi connectivity index (χ0n) is 12.3. The lowest BCUT2D eigenvalue weighted by Crippen LogP contribution is -2.41. The molecule has 0 aromatic carbocycles. The van der Waals surface area contributed by atoms with E-state index >= 15 is 0 Å². The number of aromatic amines is 1. The number of rotatable bonds is 4. The maximum atomic E-state index is 12.4. The van der Waals surface area contributed by atoms with Gasteiger partial charge in [-0.25, -0.2) is 0 Å². The number of nitrogens with one attached hydrogen (secondary N) is 1. The summed E-state index contributed by atoms with van der Waals surface area (Å²) in [6, 6.07) is 2.04. The lowest BCUT2D eigenvalue weighted by molar-refractivity contribution is -0.132. The molecular formula is C16H21N3OS. The molecule has 1 saturated heterocycles. The number of likely N-dealkylation sites (tertiary alicyclic amines) is 1. The van der Waals surface area contributed by atoms with Crippen LogP contribution < -0.4 is 0 Å². The fourth-order valence-corrected chi connectivity index (χ4v) is 3.67. The van der Waals surface area contributed by atoms with Gasteiger partial charge in [0.15, 0.2) is 0 Å². The second-order valence-electron chi connectivity index (χ2n) is 5.89. The highest BCUT2D eigenvalue weighted by atomic mass is 32.1. The number of amides is 1. The molecule has 4 nitrogen and oxygen atoms in total. The summed E-state index contributed by atoms with van der Waals surface area (Å²) >= 11 is 1.65. The fourth-order valence-electron chi connectivity index (χ4n) is 3.01. The third-order valence-electron chi connectivity index (χ3n) is 4.23. The summed E-state index contributed by atoms with van der Waals surface area (Å²) in [7, 11) is 0. The summed E-state index contributed by atoms with van der Waals surface area (Å²) in [5, 5.41) is 11.3. The van der Waals surface area contributed by atoms with Crippen molar-refractivity contribution in [2.45, 2.75) is 32.6 Å². The molecule has 1 unspecified atom stereocenters. The lowest BCUT2D eigenvalue weighted by Gasteiger charge is -2.32. The molecule has 3 heterocycles. The van der Waals surface area contributed by atoms with Crippen LogP contribution in [0.3, 0.4) is 0 Å². The van der Waals surface area contributed by atoms with Crippen molar-refractivity contribution in [1.29, 1.82) is 0 Å². The van der Waals surface area contributed by atoms with E-state index in [0.717, 1.165) is 31.5 Å². The molecule has 0 bridgehead atoms. The molecule has 21 heavy (non-hydrogen) atoms. The van der Waals surface area contributed by atoms with Gasteiger partial charge in [-0.3, -0.25) is 9.89 Å². The predicted molar refractivity (Wildman–Crippen MR) is 84.4 cm³/mol. The van der Waals surface area contributed by atoms with Gasteiger partial charge in [-0.15, -0.1) is 0 Å². The number of nitrogens with zero attached hydrogens (tertiary/aromatic N) is 2. The molecule has 2 aromatic heterocycles. The Bertz CT molecular complexity index is 590. The molecule has 0 radical (unpaired) electrons. The smallest absolute Gasteiger partial charge is 0.227 e. The number of carbonyl (C=O) groups is 1. The maximum absolute atomic E-state index is 12.4. The summed E-state index contributed by atoms with van der Waals surface area (Å²) in [6.45, 7) is 3.87. The molecular weight excluding hydrogens is 282 g/mol. The number of thiophene rings is 1. The van der Waals surface area contributed by atoms with Crippen LogP contribution in [0.1, 0.15) is 29.7 Å². The highest BCUT2D eigenvalue weighted by molar-refractivity contribution is 7.07. The summed E-state index contributed by atoms with van der Waals surface area (Å²) in [6.07, 6.45) is 5.71. The van der Waals surface area contributed by atoms with Crippen molar-refractivity contribution >= 4 is 17.2 Å². The number of hydrogen-bond donors (Lipinski definition) is 1. The molecule has 0 aliphatic carbocycles. The third-order valence-corrected chi connectivity index (χ3v) is 4.97. The van der Waals surface area contributed by atoms with Crippen LogP contribution in [0.15, 0.2) is 23.0 Å². The van der Waals surface area contributed by atoms with E-state index in [0.29, 0.717) is 12.3 Å². The monoisotopic (exact) mass is 303 g/mol.